The minimum atomic E-state index is -0.580. The summed E-state index contributed by atoms with van der Waals surface area (Å²) in [7, 11) is 0. The summed E-state index contributed by atoms with van der Waals surface area (Å²) in [5, 5.41) is 18.5. The molecule has 0 saturated carbocycles. The van der Waals surface area contributed by atoms with Crippen molar-refractivity contribution in [1.29, 1.82) is 0 Å². The zero-order valence-electron chi connectivity index (χ0n) is 15.0. The van der Waals surface area contributed by atoms with Gasteiger partial charge in [-0.2, -0.15) is 0 Å². The molecule has 0 spiro atoms. The molecule has 1 unspecified atom stereocenters. The van der Waals surface area contributed by atoms with Crippen molar-refractivity contribution in [3.63, 3.8) is 0 Å². The van der Waals surface area contributed by atoms with Gasteiger partial charge < -0.3 is 24.4 Å². The van der Waals surface area contributed by atoms with E-state index in [0.29, 0.717) is 29.3 Å². The van der Waals surface area contributed by atoms with E-state index in [0.717, 1.165) is 11.8 Å². The van der Waals surface area contributed by atoms with Crippen LogP contribution in [0.5, 0.6) is 17.4 Å². The fourth-order valence-electron chi connectivity index (χ4n) is 2.73. The minimum Gasteiger partial charge on any atom is -0.538 e. The van der Waals surface area contributed by atoms with Crippen LogP contribution in [-0.2, 0) is 4.79 Å². The van der Waals surface area contributed by atoms with Crippen LogP contribution in [0.25, 0.3) is 5.69 Å². The van der Waals surface area contributed by atoms with Crippen LogP contribution in [0.1, 0.15) is 13.3 Å². The Balaban J connectivity index is 1.52. The van der Waals surface area contributed by atoms with E-state index in [1.54, 1.807) is 30.3 Å². The maximum Gasteiger partial charge on any atom is 0.298 e. The number of para-hydroxylation sites is 1. The van der Waals surface area contributed by atoms with Gasteiger partial charge in [-0.05, 0) is 35.0 Å². The lowest BCUT2D eigenvalue weighted by Crippen LogP contribution is -2.36. The molecule has 1 aromatic heterocycles. The SMILES string of the molecule is CCC(Sc1c([O-])on[n+]1-c1ccccc1)C(=O)Nc1ccc2c(c1)OCO2. The van der Waals surface area contributed by atoms with Crippen molar-refractivity contribution < 1.29 is 28.6 Å². The Labute approximate surface area is 165 Å². The monoisotopic (exact) mass is 399 g/mol. The number of rotatable bonds is 6. The largest absolute Gasteiger partial charge is 0.538 e. The number of anilines is 1. The predicted molar refractivity (Wildman–Crippen MR) is 98.6 cm³/mol. The molecule has 0 saturated heterocycles. The van der Waals surface area contributed by atoms with Gasteiger partial charge in [-0.25, -0.2) is 0 Å². The number of hydrogen-bond acceptors (Lipinski definition) is 7. The molecule has 1 amide bonds. The molecule has 1 aliphatic heterocycles. The van der Waals surface area contributed by atoms with Crippen LogP contribution in [0.3, 0.4) is 0 Å². The Kier molecular flexibility index (Phi) is 5.07. The number of carbonyl (C=O) groups is 1. The Morgan fingerprint density at radius 3 is 2.82 bits per heavy atom. The summed E-state index contributed by atoms with van der Waals surface area (Å²) in [6, 6.07) is 14.3. The molecule has 0 fully saturated rings. The molecule has 1 atom stereocenters. The van der Waals surface area contributed by atoms with Crippen molar-refractivity contribution in [2.75, 3.05) is 12.1 Å². The van der Waals surface area contributed by atoms with Crippen LogP contribution in [0.4, 0.5) is 5.69 Å². The molecule has 2 aromatic carbocycles. The summed E-state index contributed by atoms with van der Waals surface area (Å²) < 4.78 is 16.8. The van der Waals surface area contributed by atoms with Crippen LogP contribution in [0.15, 0.2) is 58.1 Å². The molecule has 0 aliphatic carbocycles. The lowest BCUT2D eigenvalue weighted by Gasteiger charge is -2.13. The van der Waals surface area contributed by atoms with Gasteiger partial charge in [-0.1, -0.05) is 25.1 Å². The summed E-state index contributed by atoms with van der Waals surface area (Å²) in [4.78, 5) is 12.8. The van der Waals surface area contributed by atoms with E-state index in [9.17, 15) is 9.90 Å². The number of amides is 1. The van der Waals surface area contributed by atoms with E-state index in [4.69, 9.17) is 14.0 Å². The molecule has 28 heavy (non-hydrogen) atoms. The normalized spacial score (nSPS) is 13.3. The molecule has 9 heteroatoms. The van der Waals surface area contributed by atoms with E-state index in [-0.39, 0.29) is 17.7 Å². The summed E-state index contributed by atoms with van der Waals surface area (Å²) in [6.07, 6.45) is 0.514. The zero-order chi connectivity index (χ0) is 19.5. The number of carbonyl (C=O) groups excluding carboxylic acids is 1. The second-order valence-electron chi connectivity index (χ2n) is 5.98. The minimum absolute atomic E-state index is 0.166. The smallest absolute Gasteiger partial charge is 0.298 e. The van der Waals surface area contributed by atoms with Gasteiger partial charge in [-0.15, -0.1) is 0 Å². The topological polar surface area (TPSA) is 101 Å². The van der Waals surface area contributed by atoms with E-state index in [1.165, 1.54) is 4.68 Å². The van der Waals surface area contributed by atoms with Crippen molar-refractivity contribution in [3.05, 3.63) is 48.5 Å². The molecule has 8 nitrogen and oxygen atoms in total. The number of thioether (sulfide) groups is 1. The van der Waals surface area contributed by atoms with Crippen molar-refractivity contribution in [2.45, 2.75) is 23.6 Å². The van der Waals surface area contributed by atoms with E-state index in [1.807, 2.05) is 25.1 Å². The molecule has 0 radical (unpaired) electrons. The van der Waals surface area contributed by atoms with Crippen LogP contribution in [0, 0.1) is 0 Å². The Hall–Kier alpha value is -3.20. The first-order chi connectivity index (χ1) is 13.7. The van der Waals surface area contributed by atoms with Gasteiger partial charge >= 0.3 is 0 Å². The molecule has 2 heterocycles. The lowest BCUT2D eigenvalue weighted by atomic mass is 10.2. The van der Waals surface area contributed by atoms with Crippen molar-refractivity contribution >= 4 is 23.4 Å². The van der Waals surface area contributed by atoms with Crippen LogP contribution < -0.4 is 24.6 Å². The number of nitrogens with zero attached hydrogens (tertiary/aromatic N) is 2. The summed E-state index contributed by atoms with van der Waals surface area (Å²) >= 11 is 1.12. The molecule has 1 aliphatic rings. The highest BCUT2D eigenvalue weighted by Gasteiger charge is 2.28. The second kappa shape index (κ2) is 7.81. The van der Waals surface area contributed by atoms with Gasteiger partial charge in [0.2, 0.25) is 18.4 Å². The first kappa shape index (κ1) is 18.2. The van der Waals surface area contributed by atoms with Gasteiger partial charge in [0.15, 0.2) is 17.4 Å². The molecule has 0 bridgehead atoms. The van der Waals surface area contributed by atoms with Crippen LogP contribution in [0.2, 0.25) is 0 Å². The Morgan fingerprint density at radius 2 is 2.04 bits per heavy atom. The van der Waals surface area contributed by atoms with Gasteiger partial charge in [0.25, 0.3) is 5.03 Å². The maximum atomic E-state index is 12.8. The molecular weight excluding hydrogens is 382 g/mol. The molecule has 3 aromatic rings. The third kappa shape index (κ3) is 3.61. The lowest BCUT2D eigenvalue weighted by molar-refractivity contribution is -0.705. The fraction of sp³-hybridized carbons (Fsp3) is 0.211. The van der Waals surface area contributed by atoms with Gasteiger partial charge in [0.1, 0.15) is 0 Å². The maximum absolute atomic E-state index is 12.8. The number of aromatic nitrogens is 2. The standard InChI is InChI=1S/C19H17N3O5S/c1-2-16(17(23)20-12-8-9-14-15(10-12)26-11-25-14)28-18-19(24)27-21-22(18)13-6-4-3-5-7-13/h3-10,16H,2,11H2,1H3,(H-,20,21,23,24). The van der Waals surface area contributed by atoms with E-state index >= 15 is 0 Å². The van der Waals surface area contributed by atoms with E-state index < -0.39 is 11.2 Å². The highest BCUT2D eigenvalue weighted by atomic mass is 32.2. The van der Waals surface area contributed by atoms with Gasteiger partial charge in [0.05, 0.1) is 10.5 Å². The van der Waals surface area contributed by atoms with Crippen molar-refractivity contribution in [3.8, 4) is 23.1 Å². The van der Waals surface area contributed by atoms with Crippen molar-refractivity contribution in [2.24, 2.45) is 0 Å². The Bertz CT molecular complexity index is 992. The van der Waals surface area contributed by atoms with E-state index in [2.05, 4.69) is 10.6 Å². The van der Waals surface area contributed by atoms with Crippen LogP contribution in [-0.4, -0.2) is 23.2 Å². The number of hydrogen-bond donors (Lipinski definition) is 1. The number of nitrogens with one attached hydrogen (secondary N) is 1. The summed E-state index contributed by atoms with van der Waals surface area (Å²) in [6.45, 7) is 2.04. The average Bonchev–Trinajstić information content (AvgIpc) is 3.32. The average molecular weight is 399 g/mol. The third-order valence-electron chi connectivity index (χ3n) is 4.13. The van der Waals surface area contributed by atoms with Gasteiger partial charge in [0, 0.05) is 23.9 Å². The van der Waals surface area contributed by atoms with Crippen LogP contribution >= 0.6 is 11.8 Å². The molecule has 144 valence electrons. The Morgan fingerprint density at radius 1 is 1.25 bits per heavy atom. The second-order valence-corrected chi connectivity index (χ2v) is 7.18. The predicted octanol–water partition coefficient (Wildman–Crippen LogP) is 2.26. The third-order valence-corrected chi connectivity index (χ3v) is 5.53. The fourth-order valence-corrected chi connectivity index (χ4v) is 3.70. The molecule has 4 rings (SSSR count). The summed E-state index contributed by atoms with van der Waals surface area (Å²) in [5.41, 5.74) is 1.28. The summed E-state index contributed by atoms with van der Waals surface area (Å²) in [5.74, 6) is 0.417. The quantitative estimate of drug-likeness (QED) is 0.501. The first-order valence-electron chi connectivity index (χ1n) is 8.67. The van der Waals surface area contributed by atoms with Gasteiger partial charge in [-0.3, -0.25) is 4.79 Å². The molecule has 1 N–H and O–H groups in total. The van der Waals surface area contributed by atoms with Crippen molar-refractivity contribution in [1.82, 2.24) is 5.27 Å². The number of benzene rings is 2. The zero-order valence-corrected chi connectivity index (χ0v) is 15.8. The number of ether oxygens (including phenoxy) is 2. The highest BCUT2D eigenvalue weighted by molar-refractivity contribution is 8.00. The number of fused-ring (bicyclic) bond motifs is 1. The first-order valence-corrected chi connectivity index (χ1v) is 9.55. The highest BCUT2D eigenvalue weighted by Crippen LogP contribution is 2.35. The molecular formula is C19H17N3O5S.